The molecule has 0 radical (unpaired) electrons. The van der Waals surface area contributed by atoms with Crippen molar-refractivity contribution in [3.8, 4) is 0 Å². The van der Waals surface area contributed by atoms with Crippen LogP contribution in [0, 0.1) is 5.82 Å². The molecule has 0 heterocycles. The molecule has 0 fully saturated rings. The summed E-state index contributed by atoms with van der Waals surface area (Å²) in [7, 11) is 0. The molecule has 0 bridgehead atoms. The van der Waals surface area contributed by atoms with Gasteiger partial charge in [0.1, 0.15) is 5.82 Å². The number of carbonyl (C=O) groups excluding carboxylic acids is 1. The van der Waals surface area contributed by atoms with E-state index in [1.165, 1.54) is 12.1 Å². The zero-order chi connectivity index (χ0) is 15.1. The fourth-order valence-electron chi connectivity index (χ4n) is 1.78. The van der Waals surface area contributed by atoms with Gasteiger partial charge in [0.15, 0.2) is 0 Å². The Morgan fingerprint density at radius 3 is 2.57 bits per heavy atom. The number of para-hydroxylation sites is 2. The van der Waals surface area contributed by atoms with Crippen molar-refractivity contribution in [3.05, 3.63) is 54.3 Å². The number of nitrogen functional groups attached to an aromatic ring is 1. The lowest BCUT2D eigenvalue weighted by Crippen LogP contribution is -2.12. The second-order valence-corrected chi connectivity index (χ2v) is 5.71. The van der Waals surface area contributed by atoms with Gasteiger partial charge in [0.2, 0.25) is 5.91 Å². The molecule has 3 N–H and O–H groups in total. The van der Waals surface area contributed by atoms with Crippen molar-refractivity contribution in [3.63, 3.8) is 0 Å². The van der Waals surface area contributed by atoms with Gasteiger partial charge in [-0.25, -0.2) is 4.39 Å². The van der Waals surface area contributed by atoms with Crippen molar-refractivity contribution in [1.29, 1.82) is 0 Å². The standard InChI is InChI=1S/C16H17FN2OS/c17-12-7-9-13(10-8-12)21-11-3-6-16(20)19-15-5-2-1-4-14(15)18/h1-2,4-5,7-10H,3,6,11,18H2,(H,19,20). The smallest absolute Gasteiger partial charge is 0.224 e. The highest BCUT2D eigenvalue weighted by atomic mass is 32.2. The van der Waals surface area contributed by atoms with E-state index in [9.17, 15) is 9.18 Å². The van der Waals surface area contributed by atoms with E-state index in [-0.39, 0.29) is 11.7 Å². The fraction of sp³-hybridized carbons (Fsp3) is 0.188. The molecule has 5 heteroatoms. The summed E-state index contributed by atoms with van der Waals surface area (Å²) >= 11 is 1.61. The Labute approximate surface area is 127 Å². The first-order chi connectivity index (χ1) is 10.1. The van der Waals surface area contributed by atoms with Gasteiger partial charge in [-0.15, -0.1) is 11.8 Å². The average molecular weight is 304 g/mol. The van der Waals surface area contributed by atoms with Crippen LogP contribution in [0.3, 0.4) is 0 Å². The highest BCUT2D eigenvalue weighted by Crippen LogP contribution is 2.20. The van der Waals surface area contributed by atoms with Gasteiger partial charge in [-0.3, -0.25) is 4.79 Å². The van der Waals surface area contributed by atoms with Crippen LogP contribution in [0.15, 0.2) is 53.4 Å². The quantitative estimate of drug-likeness (QED) is 0.483. The minimum Gasteiger partial charge on any atom is -0.397 e. The molecule has 2 rings (SSSR count). The molecule has 0 unspecified atom stereocenters. The number of nitrogens with one attached hydrogen (secondary N) is 1. The Hall–Kier alpha value is -2.01. The van der Waals surface area contributed by atoms with Crippen molar-refractivity contribution in [1.82, 2.24) is 0 Å². The van der Waals surface area contributed by atoms with E-state index < -0.39 is 0 Å². The topological polar surface area (TPSA) is 55.1 Å². The molecule has 0 saturated heterocycles. The summed E-state index contributed by atoms with van der Waals surface area (Å²) in [6.45, 7) is 0. The van der Waals surface area contributed by atoms with Gasteiger partial charge in [0, 0.05) is 11.3 Å². The number of hydrogen-bond acceptors (Lipinski definition) is 3. The molecule has 2 aromatic carbocycles. The molecule has 0 aromatic heterocycles. The zero-order valence-electron chi connectivity index (χ0n) is 11.5. The number of benzene rings is 2. The Morgan fingerprint density at radius 2 is 1.86 bits per heavy atom. The molecule has 0 atom stereocenters. The summed E-state index contributed by atoms with van der Waals surface area (Å²) in [4.78, 5) is 12.8. The second kappa shape index (κ2) is 7.69. The molecule has 2 aromatic rings. The number of anilines is 2. The normalized spacial score (nSPS) is 10.3. The SMILES string of the molecule is Nc1ccccc1NC(=O)CCCSc1ccc(F)cc1. The van der Waals surface area contributed by atoms with E-state index in [0.717, 1.165) is 17.1 Å². The number of amides is 1. The number of hydrogen-bond donors (Lipinski definition) is 2. The van der Waals surface area contributed by atoms with E-state index in [0.29, 0.717) is 17.8 Å². The predicted molar refractivity (Wildman–Crippen MR) is 85.8 cm³/mol. The third-order valence-electron chi connectivity index (χ3n) is 2.87. The first-order valence-corrected chi connectivity index (χ1v) is 7.66. The molecule has 0 aliphatic carbocycles. The highest BCUT2D eigenvalue weighted by Gasteiger charge is 2.04. The minimum atomic E-state index is -0.237. The number of thioether (sulfide) groups is 1. The molecule has 3 nitrogen and oxygen atoms in total. The van der Waals surface area contributed by atoms with Gasteiger partial charge in [0.05, 0.1) is 11.4 Å². The van der Waals surface area contributed by atoms with Crippen molar-refractivity contribution in [2.45, 2.75) is 17.7 Å². The Bertz CT molecular complexity index is 601. The van der Waals surface area contributed by atoms with Crippen LogP contribution in [0.5, 0.6) is 0 Å². The number of rotatable bonds is 6. The van der Waals surface area contributed by atoms with Crippen molar-refractivity contribution in [2.75, 3.05) is 16.8 Å². The van der Waals surface area contributed by atoms with E-state index >= 15 is 0 Å². The van der Waals surface area contributed by atoms with Crippen LogP contribution in [0.4, 0.5) is 15.8 Å². The molecule has 21 heavy (non-hydrogen) atoms. The highest BCUT2D eigenvalue weighted by molar-refractivity contribution is 7.99. The third kappa shape index (κ3) is 5.11. The lowest BCUT2D eigenvalue weighted by Gasteiger charge is -2.07. The summed E-state index contributed by atoms with van der Waals surface area (Å²) in [5.74, 6) is 0.523. The Morgan fingerprint density at radius 1 is 1.14 bits per heavy atom. The molecule has 110 valence electrons. The molecule has 0 saturated carbocycles. The van der Waals surface area contributed by atoms with Crippen LogP contribution in [0.1, 0.15) is 12.8 Å². The molecule has 0 aliphatic heterocycles. The Kier molecular flexibility index (Phi) is 5.63. The third-order valence-corrected chi connectivity index (χ3v) is 3.96. The maximum atomic E-state index is 12.7. The van der Waals surface area contributed by atoms with E-state index in [2.05, 4.69) is 5.32 Å². The summed E-state index contributed by atoms with van der Waals surface area (Å²) in [6, 6.07) is 13.5. The average Bonchev–Trinajstić information content (AvgIpc) is 2.48. The lowest BCUT2D eigenvalue weighted by atomic mass is 10.2. The predicted octanol–water partition coefficient (Wildman–Crippen LogP) is 3.92. The van der Waals surface area contributed by atoms with Crippen molar-refractivity contribution >= 4 is 29.0 Å². The number of halogens is 1. The fourth-order valence-corrected chi connectivity index (χ4v) is 2.63. The summed E-state index contributed by atoms with van der Waals surface area (Å²) < 4.78 is 12.7. The van der Waals surface area contributed by atoms with Gasteiger partial charge in [-0.05, 0) is 48.6 Å². The molecular weight excluding hydrogens is 287 g/mol. The second-order valence-electron chi connectivity index (χ2n) is 4.54. The van der Waals surface area contributed by atoms with Crippen molar-refractivity contribution in [2.24, 2.45) is 0 Å². The number of nitrogens with two attached hydrogens (primary N) is 1. The van der Waals surface area contributed by atoms with E-state index in [4.69, 9.17) is 5.73 Å². The van der Waals surface area contributed by atoms with Crippen LogP contribution in [-0.4, -0.2) is 11.7 Å². The van der Waals surface area contributed by atoms with Crippen LogP contribution < -0.4 is 11.1 Å². The van der Waals surface area contributed by atoms with Crippen LogP contribution in [-0.2, 0) is 4.79 Å². The maximum Gasteiger partial charge on any atom is 0.224 e. The van der Waals surface area contributed by atoms with Crippen LogP contribution in [0.2, 0.25) is 0 Å². The maximum absolute atomic E-state index is 12.7. The summed E-state index contributed by atoms with van der Waals surface area (Å²) in [5.41, 5.74) is 6.97. The van der Waals surface area contributed by atoms with Crippen LogP contribution in [0.25, 0.3) is 0 Å². The van der Waals surface area contributed by atoms with E-state index in [1.54, 1.807) is 36.0 Å². The van der Waals surface area contributed by atoms with Gasteiger partial charge in [0.25, 0.3) is 0 Å². The largest absolute Gasteiger partial charge is 0.397 e. The van der Waals surface area contributed by atoms with Crippen LogP contribution >= 0.6 is 11.8 Å². The van der Waals surface area contributed by atoms with Gasteiger partial charge in [-0.2, -0.15) is 0 Å². The van der Waals surface area contributed by atoms with Gasteiger partial charge >= 0.3 is 0 Å². The van der Waals surface area contributed by atoms with Crippen molar-refractivity contribution < 1.29 is 9.18 Å². The molecule has 0 aliphatic rings. The summed E-state index contributed by atoms with van der Waals surface area (Å²) in [5, 5.41) is 2.79. The monoisotopic (exact) mass is 304 g/mol. The Balaban J connectivity index is 1.70. The first-order valence-electron chi connectivity index (χ1n) is 6.68. The first kappa shape index (κ1) is 15.4. The van der Waals surface area contributed by atoms with Gasteiger partial charge < -0.3 is 11.1 Å². The lowest BCUT2D eigenvalue weighted by molar-refractivity contribution is -0.116. The number of carbonyl (C=O) groups is 1. The van der Waals surface area contributed by atoms with Gasteiger partial charge in [-0.1, -0.05) is 12.1 Å². The zero-order valence-corrected chi connectivity index (χ0v) is 12.3. The minimum absolute atomic E-state index is 0.0485. The summed E-state index contributed by atoms with van der Waals surface area (Å²) in [6.07, 6.45) is 1.18. The van der Waals surface area contributed by atoms with E-state index in [1.807, 2.05) is 12.1 Å². The molecular formula is C16H17FN2OS. The molecule has 0 spiro atoms. The molecule has 1 amide bonds.